The molecule has 1 saturated heterocycles. The van der Waals surface area contributed by atoms with Crippen molar-refractivity contribution in [3.63, 3.8) is 0 Å². The largest absolute Gasteiger partial charge is 0.368 e. The normalized spacial score (nSPS) is 16.7. The molecule has 0 aliphatic carbocycles. The molecule has 1 aromatic rings. The quantitative estimate of drug-likeness (QED) is 0.865. The van der Waals surface area contributed by atoms with Crippen molar-refractivity contribution in [1.29, 1.82) is 0 Å². The Labute approximate surface area is 119 Å². The number of thiophene rings is 1. The maximum Gasteiger partial charge on any atom is 0.246 e. The molecule has 2 rings (SSSR count). The summed E-state index contributed by atoms with van der Waals surface area (Å²) in [4.78, 5) is 12.7. The average molecular weight is 333 g/mol. The van der Waals surface area contributed by atoms with Crippen LogP contribution >= 0.6 is 27.3 Å². The number of ether oxygens (including phenoxy) is 1. The standard InChI is InChI=1S/C12H17BrN2O2S/c13-11-2-1-10(18-11)7-15-12(16)8-17-9-3-5-14-6-4-9/h1-2,9,14H,3-8H2,(H,15,16). The smallest absolute Gasteiger partial charge is 0.246 e. The van der Waals surface area contributed by atoms with Gasteiger partial charge in [0.25, 0.3) is 0 Å². The summed E-state index contributed by atoms with van der Waals surface area (Å²) in [5.74, 6) is -0.0435. The molecule has 0 spiro atoms. The second-order valence-corrected chi connectivity index (χ2v) is 6.79. The highest BCUT2D eigenvalue weighted by molar-refractivity contribution is 9.11. The van der Waals surface area contributed by atoms with Crippen molar-refractivity contribution in [2.75, 3.05) is 19.7 Å². The van der Waals surface area contributed by atoms with Gasteiger partial charge in [-0.15, -0.1) is 11.3 Å². The Morgan fingerprint density at radius 3 is 2.94 bits per heavy atom. The number of carbonyl (C=O) groups is 1. The van der Waals surface area contributed by atoms with Gasteiger partial charge in [0.1, 0.15) is 6.61 Å². The Balaban J connectivity index is 1.62. The molecule has 2 heterocycles. The highest BCUT2D eigenvalue weighted by Gasteiger charge is 2.14. The van der Waals surface area contributed by atoms with Gasteiger partial charge in [-0.1, -0.05) is 0 Å². The molecule has 1 aliphatic heterocycles. The molecule has 0 atom stereocenters. The van der Waals surface area contributed by atoms with Crippen LogP contribution < -0.4 is 10.6 Å². The van der Waals surface area contributed by atoms with Crippen molar-refractivity contribution in [1.82, 2.24) is 10.6 Å². The molecule has 0 radical (unpaired) electrons. The predicted molar refractivity (Wildman–Crippen MR) is 75.7 cm³/mol. The lowest BCUT2D eigenvalue weighted by Crippen LogP contribution is -2.35. The van der Waals surface area contributed by atoms with Crippen LogP contribution in [0.3, 0.4) is 0 Å². The Bertz CT molecular complexity index is 391. The summed E-state index contributed by atoms with van der Waals surface area (Å²) < 4.78 is 6.66. The summed E-state index contributed by atoms with van der Waals surface area (Å²) in [7, 11) is 0. The van der Waals surface area contributed by atoms with E-state index in [9.17, 15) is 4.79 Å². The van der Waals surface area contributed by atoms with Crippen LogP contribution in [0.15, 0.2) is 15.9 Å². The number of hydrogen-bond acceptors (Lipinski definition) is 4. The molecule has 0 unspecified atom stereocenters. The molecule has 4 nitrogen and oxygen atoms in total. The van der Waals surface area contributed by atoms with E-state index in [4.69, 9.17) is 4.74 Å². The molecule has 2 N–H and O–H groups in total. The van der Waals surface area contributed by atoms with Crippen LogP contribution in [0.5, 0.6) is 0 Å². The van der Waals surface area contributed by atoms with Gasteiger partial charge in [-0.05, 0) is 54.0 Å². The zero-order chi connectivity index (χ0) is 12.8. The monoisotopic (exact) mass is 332 g/mol. The SMILES string of the molecule is O=C(COC1CCNCC1)NCc1ccc(Br)s1. The average Bonchev–Trinajstić information content (AvgIpc) is 2.81. The molecule has 6 heteroatoms. The van der Waals surface area contributed by atoms with Gasteiger partial charge in [0.15, 0.2) is 0 Å². The lowest BCUT2D eigenvalue weighted by atomic mass is 10.1. The van der Waals surface area contributed by atoms with Gasteiger partial charge in [0.2, 0.25) is 5.91 Å². The van der Waals surface area contributed by atoms with Gasteiger partial charge < -0.3 is 15.4 Å². The number of amides is 1. The number of carbonyl (C=O) groups excluding carboxylic acids is 1. The van der Waals surface area contributed by atoms with E-state index in [1.165, 1.54) is 0 Å². The molecule has 0 saturated carbocycles. The molecule has 1 amide bonds. The van der Waals surface area contributed by atoms with Gasteiger partial charge >= 0.3 is 0 Å². The fraction of sp³-hybridized carbons (Fsp3) is 0.583. The summed E-state index contributed by atoms with van der Waals surface area (Å²) in [5, 5.41) is 6.13. The van der Waals surface area contributed by atoms with E-state index in [2.05, 4.69) is 26.6 Å². The van der Waals surface area contributed by atoms with Gasteiger partial charge in [-0.25, -0.2) is 0 Å². The van der Waals surface area contributed by atoms with Gasteiger partial charge in [-0.2, -0.15) is 0 Å². The number of rotatable bonds is 5. The van der Waals surface area contributed by atoms with Crippen LogP contribution in [-0.4, -0.2) is 31.7 Å². The van der Waals surface area contributed by atoms with Crippen molar-refractivity contribution in [3.8, 4) is 0 Å². The number of halogens is 1. The van der Waals surface area contributed by atoms with Crippen molar-refractivity contribution in [2.45, 2.75) is 25.5 Å². The molecular weight excluding hydrogens is 316 g/mol. The zero-order valence-corrected chi connectivity index (χ0v) is 12.5. The third-order valence-electron chi connectivity index (χ3n) is 2.82. The third kappa shape index (κ3) is 4.68. The Morgan fingerprint density at radius 2 is 2.28 bits per heavy atom. The van der Waals surface area contributed by atoms with E-state index in [1.807, 2.05) is 12.1 Å². The second-order valence-electron chi connectivity index (χ2n) is 4.24. The van der Waals surface area contributed by atoms with E-state index in [0.29, 0.717) is 6.54 Å². The van der Waals surface area contributed by atoms with Crippen LogP contribution in [0, 0.1) is 0 Å². The van der Waals surface area contributed by atoms with E-state index < -0.39 is 0 Å². The lowest BCUT2D eigenvalue weighted by Gasteiger charge is -2.22. The van der Waals surface area contributed by atoms with E-state index in [1.54, 1.807) is 11.3 Å². The minimum atomic E-state index is -0.0435. The molecule has 18 heavy (non-hydrogen) atoms. The Kier molecular flexibility index (Phi) is 5.62. The van der Waals surface area contributed by atoms with Gasteiger partial charge in [0, 0.05) is 4.88 Å². The van der Waals surface area contributed by atoms with Crippen LogP contribution in [0.1, 0.15) is 17.7 Å². The minimum Gasteiger partial charge on any atom is -0.368 e. The molecule has 100 valence electrons. The fourth-order valence-corrected chi connectivity index (χ4v) is 3.26. The van der Waals surface area contributed by atoms with Crippen molar-refractivity contribution < 1.29 is 9.53 Å². The first kappa shape index (κ1) is 14.0. The van der Waals surface area contributed by atoms with Crippen LogP contribution in [0.4, 0.5) is 0 Å². The van der Waals surface area contributed by atoms with Crippen molar-refractivity contribution in [3.05, 3.63) is 20.8 Å². The molecule has 1 aliphatic rings. The van der Waals surface area contributed by atoms with Crippen LogP contribution in [-0.2, 0) is 16.1 Å². The Hall–Kier alpha value is -0.430. The maximum absolute atomic E-state index is 11.6. The first-order chi connectivity index (χ1) is 8.74. The third-order valence-corrected chi connectivity index (χ3v) is 4.45. The second kappa shape index (κ2) is 7.23. The molecule has 1 aromatic heterocycles. The van der Waals surface area contributed by atoms with Crippen molar-refractivity contribution >= 4 is 33.2 Å². The summed E-state index contributed by atoms with van der Waals surface area (Å²) in [6.07, 6.45) is 2.21. The van der Waals surface area contributed by atoms with Crippen LogP contribution in [0.2, 0.25) is 0 Å². The first-order valence-electron chi connectivity index (χ1n) is 6.07. The van der Waals surface area contributed by atoms with Gasteiger partial charge in [0.05, 0.1) is 16.4 Å². The Morgan fingerprint density at radius 1 is 1.50 bits per heavy atom. The predicted octanol–water partition coefficient (Wildman–Crippen LogP) is 1.90. The number of hydrogen-bond donors (Lipinski definition) is 2. The highest BCUT2D eigenvalue weighted by atomic mass is 79.9. The summed E-state index contributed by atoms with van der Waals surface area (Å²) in [5.41, 5.74) is 0. The van der Waals surface area contributed by atoms with E-state index in [-0.39, 0.29) is 18.6 Å². The van der Waals surface area contributed by atoms with E-state index >= 15 is 0 Å². The molecule has 0 aromatic carbocycles. The van der Waals surface area contributed by atoms with E-state index in [0.717, 1.165) is 34.6 Å². The maximum atomic E-state index is 11.6. The molecule has 0 bridgehead atoms. The topological polar surface area (TPSA) is 50.4 Å². The number of nitrogens with one attached hydrogen (secondary N) is 2. The van der Waals surface area contributed by atoms with Crippen LogP contribution in [0.25, 0.3) is 0 Å². The highest BCUT2D eigenvalue weighted by Crippen LogP contribution is 2.21. The van der Waals surface area contributed by atoms with Crippen molar-refractivity contribution in [2.24, 2.45) is 0 Å². The number of piperidine rings is 1. The van der Waals surface area contributed by atoms with Gasteiger partial charge in [-0.3, -0.25) is 4.79 Å². The first-order valence-corrected chi connectivity index (χ1v) is 7.68. The summed E-state index contributed by atoms with van der Waals surface area (Å²) in [6.45, 7) is 2.70. The minimum absolute atomic E-state index is 0.0435. The zero-order valence-electron chi connectivity index (χ0n) is 10.1. The summed E-state index contributed by atoms with van der Waals surface area (Å²) in [6, 6.07) is 3.99. The fourth-order valence-electron chi connectivity index (χ4n) is 1.84. The lowest BCUT2D eigenvalue weighted by molar-refractivity contribution is -0.128. The molecular formula is C12H17BrN2O2S. The summed E-state index contributed by atoms with van der Waals surface area (Å²) >= 11 is 5.03. The molecule has 1 fully saturated rings.